The highest BCUT2D eigenvalue weighted by Crippen LogP contribution is 2.37. The van der Waals surface area contributed by atoms with Crippen molar-refractivity contribution in [3.8, 4) is 17.6 Å². The Morgan fingerprint density at radius 1 is 1.07 bits per heavy atom. The second-order valence-electron chi connectivity index (χ2n) is 9.65. The highest BCUT2D eigenvalue weighted by Gasteiger charge is 2.18. The number of anilines is 3. The molecule has 1 fully saturated rings. The number of nitriles is 1. The predicted molar refractivity (Wildman–Crippen MR) is 169 cm³/mol. The number of hydrogen-bond donors (Lipinski definition) is 2. The summed E-state index contributed by atoms with van der Waals surface area (Å²) in [5, 5.41) is 14.6. The van der Waals surface area contributed by atoms with E-state index in [1.54, 1.807) is 12.1 Å². The third-order valence-corrected chi connectivity index (χ3v) is 7.32. The van der Waals surface area contributed by atoms with E-state index in [2.05, 4.69) is 22.4 Å². The summed E-state index contributed by atoms with van der Waals surface area (Å²) in [5.41, 5.74) is 12.0. The van der Waals surface area contributed by atoms with Gasteiger partial charge in [0.2, 0.25) is 0 Å². The maximum atomic E-state index is 10.0. The number of nitrogen functional groups attached to an aromatic ring is 1. The van der Waals surface area contributed by atoms with E-state index in [1.165, 1.54) is 0 Å². The Hall–Kier alpha value is -4.06. The molecule has 3 N–H and O–H groups in total. The lowest BCUT2D eigenvalue weighted by atomic mass is 9.96. The molecule has 0 radical (unpaired) electrons. The van der Waals surface area contributed by atoms with Gasteiger partial charge in [0.05, 0.1) is 39.8 Å². The number of rotatable bonds is 9. The molecular formula is C33H38ClN5O3. The second kappa shape index (κ2) is 14.7. The molecule has 0 bridgehead atoms. The van der Waals surface area contributed by atoms with Crippen LogP contribution in [0.2, 0.25) is 5.02 Å². The third kappa shape index (κ3) is 7.04. The minimum atomic E-state index is 0.350. The SMILES string of the molecule is CC.CCOc1cc2nc(CC)c(C#N)c(Nc3ccc(OCc4ccc(C5CCOCC5)nc4)c(Cl)c3)c2cc1N. The van der Waals surface area contributed by atoms with Crippen LogP contribution in [-0.4, -0.2) is 29.8 Å². The zero-order valence-corrected chi connectivity index (χ0v) is 25.4. The molecule has 0 saturated carbocycles. The minimum absolute atomic E-state index is 0.350. The Morgan fingerprint density at radius 3 is 2.50 bits per heavy atom. The van der Waals surface area contributed by atoms with Crippen LogP contribution in [0.5, 0.6) is 11.5 Å². The molecular weight excluding hydrogens is 550 g/mol. The van der Waals surface area contributed by atoms with Gasteiger partial charge in [-0.3, -0.25) is 9.97 Å². The topological polar surface area (TPSA) is 115 Å². The average molecular weight is 588 g/mol. The zero-order valence-electron chi connectivity index (χ0n) is 24.7. The first kappa shape index (κ1) is 30.9. The summed E-state index contributed by atoms with van der Waals surface area (Å²) in [7, 11) is 0. The van der Waals surface area contributed by atoms with Crippen molar-refractivity contribution in [1.29, 1.82) is 5.26 Å². The summed E-state index contributed by atoms with van der Waals surface area (Å²) in [4.78, 5) is 9.36. The fraction of sp³-hybridized carbons (Fsp3) is 0.364. The predicted octanol–water partition coefficient (Wildman–Crippen LogP) is 7.94. The Morgan fingerprint density at radius 2 is 1.86 bits per heavy atom. The van der Waals surface area contributed by atoms with E-state index >= 15 is 0 Å². The van der Waals surface area contributed by atoms with E-state index in [9.17, 15) is 5.26 Å². The number of ether oxygens (including phenoxy) is 3. The highest BCUT2D eigenvalue weighted by molar-refractivity contribution is 6.32. The van der Waals surface area contributed by atoms with Crippen LogP contribution in [0.15, 0.2) is 48.7 Å². The van der Waals surface area contributed by atoms with Gasteiger partial charge in [-0.05, 0) is 56.5 Å². The normalized spacial score (nSPS) is 13.1. The van der Waals surface area contributed by atoms with Gasteiger partial charge in [-0.2, -0.15) is 5.26 Å². The quantitative estimate of drug-likeness (QED) is 0.190. The summed E-state index contributed by atoms with van der Waals surface area (Å²) in [6, 6.07) is 15.5. The van der Waals surface area contributed by atoms with E-state index in [1.807, 2.05) is 58.2 Å². The molecule has 0 aliphatic carbocycles. The third-order valence-electron chi connectivity index (χ3n) is 7.02. The number of aryl methyl sites for hydroxylation is 1. The van der Waals surface area contributed by atoms with Crippen LogP contribution < -0.4 is 20.5 Å². The lowest BCUT2D eigenvalue weighted by Gasteiger charge is -2.21. The fourth-order valence-electron chi connectivity index (χ4n) is 4.90. The molecule has 0 spiro atoms. The van der Waals surface area contributed by atoms with Crippen molar-refractivity contribution in [3.05, 3.63) is 76.2 Å². The molecule has 9 heteroatoms. The first-order valence-corrected chi connectivity index (χ1v) is 14.9. The van der Waals surface area contributed by atoms with Gasteiger partial charge in [0, 0.05) is 53.7 Å². The average Bonchev–Trinajstić information content (AvgIpc) is 3.03. The van der Waals surface area contributed by atoms with Crippen molar-refractivity contribution in [2.45, 2.75) is 59.5 Å². The molecule has 42 heavy (non-hydrogen) atoms. The van der Waals surface area contributed by atoms with Crippen LogP contribution in [0.4, 0.5) is 17.1 Å². The highest BCUT2D eigenvalue weighted by atomic mass is 35.5. The fourth-order valence-corrected chi connectivity index (χ4v) is 5.14. The number of nitrogens with two attached hydrogens (primary N) is 1. The molecule has 0 amide bonds. The number of fused-ring (bicyclic) bond motifs is 1. The van der Waals surface area contributed by atoms with E-state index in [4.69, 9.17) is 36.5 Å². The smallest absolute Gasteiger partial charge is 0.144 e. The molecule has 220 valence electrons. The Labute approximate surface area is 252 Å². The lowest BCUT2D eigenvalue weighted by molar-refractivity contribution is 0.0845. The Kier molecular flexibility index (Phi) is 10.8. The van der Waals surface area contributed by atoms with Crippen molar-refractivity contribution in [2.24, 2.45) is 0 Å². The molecule has 1 saturated heterocycles. The van der Waals surface area contributed by atoms with Crippen molar-refractivity contribution in [2.75, 3.05) is 30.9 Å². The van der Waals surface area contributed by atoms with Crippen LogP contribution >= 0.6 is 11.6 Å². The summed E-state index contributed by atoms with van der Waals surface area (Å²) < 4.78 is 17.1. The van der Waals surface area contributed by atoms with Gasteiger partial charge < -0.3 is 25.3 Å². The van der Waals surface area contributed by atoms with Crippen molar-refractivity contribution >= 4 is 39.6 Å². The molecule has 0 atom stereocenters. The second-order valence-corrected chi connectivity index (χ2v) is 10.1. The van der Waals surface area contributed by atoms with Crippen molar-refractivity contribution < 1.29 is 14.2 Å². The summed E-state index contributed by atoms with van der Waals surface area (Å²) in [6.45, 7) is 10.3. The van der Waals surface area contributed by atoms with Crippen molar-refractivity contribution in [1.82, 2.24) is 9.97 Å². The first-order chi connectivity index (χ1) is 20.5. The van der Waals surface area contributed by atoms with Gasteiger partial charge in [0.1, 0.15) is 24.2 Å². The maximum absolute atomic E-state index is 10.0. The number of nitrogens with zero attached hydrogens (tertiary/aromatic N) is 3. The minimum Gasteiger partial charge on any atom is -0.492 e. The van der Waals surface area contributed by atoms with Crippen molar-refractivity contribution in [3.63, 3.8) is 0 Å². The molecule has 2 aromatic heterocycles. The van der Waals surface area contributed by atoms with Gasteiger partial charge in [-0.15, -0.1) is 0 Å². The Balaban J connectivity index is 0.00000198. The van der Waals surface area contributed by atoms with E-state index in [0.717, 1.165) is 42.7 Å². The van der Waals surface area contributed by atoms with Crippen LogP contribution in [0, 0.1) is 11.3 Å². The monoisotopic (exact) mass is 587 g/mol. The first-order valence-electron chi connectivity index (χ1n) is 14.5. The Bertz CT molecular complexity index is 1550. The van der Waals surface area contributed by atoms with Gasteiger partial charge in [-0.1, -0.05) is 38.4 Å². The summed E-state index contributed by atoms with van der Waals surface area (Å²) in [5.74, 6) is 1.58. The lowest BCUT2D eigenvalue weighted by Crippen LogP contribution is -2.15. The maximum Gasteiger partial charge on any atom is 0.144 e. The van der Waals surface area contributed by atoms with Gasteiger partial charge in [-0.25, -0.2) is 0 Å². The van der Waals surface area contributed by atoms with Gasteiger partial charge in [0.15, 0.2) is 0 Å². The number of halogens is 1. The summed E-state index contributed by atoms with van der Waals surface area (Å²) >= 11 is 6.61. The molecule has 8 nitrogen and oxygen atoms in total. The van der Waals surface area contributed by atoms with Crippen LogP contribution in [-0.2, 0) is 17.8 Å². The standard InChI is InChI=1S/C31H32ClN5O3.C2H6/c1-3-26-23(16-33)31(22-14-25(34)30(39-4-2)15-28(22)37-26)36-21-6-8-29(24(32)13-21)40-18-19-5-7-27(35-17-19)20-9-11-38-12-10-20;1-2/h5-8,13-15,17,20H,3-4,9-12,18,34H2,1-2H3,(H,36,37);1-2H3. The number of aromatic nitrogens is 2. The van der Waals surface area contributed by atoms with E-state index in [-0.39, 0.29) is 0 Å². The zero-order chi connectivity index (χ0) is 30.1. The van der Waals surface area contributed by atoms with Gasteiger partial charge in [0.25, 0.3) is 0 Å². The summed E-state index contributed by atoms with van der Waals surface area (Å²) in [6.07, 6.45) is 4.47. The number of pyridine rings is 2. The molecule has 1 aliphatic heterocycles. The van der Waals surface area contributed by atoms with Crippen LogP contribution in [0.1, 0.15) is 69.0 Å². The van der Waals surface area contributed by atoms with E-state index < -0.39 is 0 Å². The number of hydrogen-bond acceptors (Lipinski definition) is 8. The molecule has 1 aliphatic rings. The molecule has 2 aromatic carbocycles. The van der Waals surface area contributed by atoms with Crippen LogP contribution in [0.25, 0.3) is 10.9 Å². The molecule has 3 heterocycles. The molecule has 0 unspecified atom stereocenters. The molecule has 5 rings (SSSR count). The van der Waals surface area contributed by atoms with Gasteiger partial charge >= 0.3 is 0 Å². The van der Waals surface area contributed by atoms with E-state index in [0.29, 0.717) is 75.9 Å². The molecule has 4 aromatic rings. The largest absolute Gasteiger partial charge is 0.492 e. The number of nitrogens with one attached hydrogen (secondary N) is 1. The number of benzene rings is 2. The van der Waals surface area contributed by atoms with Crippen LogP contribution in [0.3, 0.4) is 0 Å².